The zero-order valence-corrected chi connectivity index (χ0v) is 19.6. The Balaban J connectivity index is 1.71. The van der Waals surface area contributed by atoms with Gasteiger partial charge in [-0.2, -0.15) is 5.10 Å². The number of aliphatic hydroxyl groups is 1. The number of carbonyl (C=O) groups excluding carboxylic acids is 2. The fourth-order valence-corrected chi connectivity index (χ4v) is 3.38. The monoisotopic (exact) mass is 484 g/mol. The molecule has 2 aromatic carbocycles. The standard InChI is InChI=1S/C24H28N4O7/c1-4-34-19-11-16(22-21(23(31)33-3)14(2)26-24(32)27-22)7-10-18(19)35-13-20(30)28-25-12-15-5-8-17(29)9-6-15/h5-12,20,22,28-30H,4,13H2,1-3H3,(H2,26,27,32)/b25-12-/t20-,22+/m1/s1. The van der Waals surface area contributed by atoms with Crippen molar-refractivity contribution in [1.82, 2.24) is 16.1 Å². The Morgan fingerprint density at radius 2 is 1.94 bits per heavy atom. The molecule has 35 heavy (non-hydrogen) atoms. The summed E-state index contributed by atoms with van der Waals surface area (Å²) in [4.78, 5) is 24.4. The van der Waals surface area contributed by atoms with Crippen molar-refractivity contribution in [3.8, 4) is 17.2 Å². The third kappa shape index (κ3) is 6.64. The summed E-state index contributed by atoms with van der Waals surface area (Å²) in [6, 6.07) is 10.2. The number of benzene rings is 2. The summed E-state index contributed by atoms with van der Waals surface area (Å²) in [5.74, 6) is 0.314. The number of hydrogen-bond donors (Lipinski definition) is 5. The normalized spacial score (nSPS) is 16.3. The largest absolute Gasteiger partial charge is 0.508 e. The first kappa shape index (κ1) is 25.4. The number of hydrazone groups is 1. The number of hydrogen-bond acceptors (Lipinski definition) is 9. The van der Waals surface area contributed by atoms with E-state index in [9.17, 15) is 19.8 Å². The van der Waals surface area contributed by atoms with Crippen molar-refractivity contribution in [2.24, 2.45) is 5.10 Å². The van der Waals surface area contributed by atoms with Crippen LogP contribution in [0.4, 0.5) is 4.79 Å². The van der Waals surface area contributed by atoms with Crippen LogP contribution in [0.5, 0.6) is 17.2 Å². The van der Waals surface area contributed by atoms with E-state index in [1.54, 1.807) is 44.2 Å². The Morgan fingerprint density at radius 3 is 2.63 bits per heavy atom. The summed E-state index contributed by atoms with van der Waals surface area (Å²) in [7, 11) is 1.27. The van der Waals surface area contributed by atoms with Crippen LogP contribution in [0.3, 0.4) is 0 Å². The van der Waals surface area contributed by atoms with Gasteiger partial charge in [0.2, 0.25) is 0 Å². The highest BCUT2D eigenvalue weighted by Gasteiger charge is 2.32. The van der Waals surface area contributed by atoms with Crippen molar-refractivity contribution in [3.05, 3.63) is 64.9 Å². The predicted octanol–water partition coefficient (Wildman–Crippen LogP) is 1.91. The van der Waals surface area contributed by atoms with Crippen molar-refractivity contribution in [2.75, 3.05) is 20.3 Å². The van der Waals surface area contributed by atoms with Crippen molar-refractivity contribution in [1.29, 1.82) is 0 Å². The lowest BCUT2D eigenvalue weighted by Crippen LogP contribution is -2.45. The number of nitrogens with zero attached hydrogens (tertiary/aromatic N) is 1. The zero-order chi connectivity index (χ0) is 25.4. The van der Waals surface area contributed by atoms with Gasteiger partial charge in [0.05, 0.1) is 31.5 Å². The molecule has 5 N–H and O–H groups in total. The van der Waals surface area contributed by atoms with E-state index in [0.717, 1.165) is 5.56 Å². The molecule has 0 fully saturated rings. The summed E-state index contributed by atoms with van der Waals surface area (Å²) in [6.45, 7) is 3.64. The fraction of sp³-hybridized carbons (Fsp3) is 0.292. The predicted molar refractivity (Wildman–Crippen MR) is 127 cm³/mol. The summed E-state index contributed by atoms with van der Waals surface area (Å²) in [5.41, 5.74) is 4.54. The molecule has 0 unspecified atom stereocenters. The van der Waals surface area contributed by atoms with E-state index in [0.29, 0.717) is 29.4 Å². The van der Waals surface area contributed by atoms with Gasteiger partial charge in [0.25, 0.3) is 0 Å². The molecular formula is C24H28N4O7. The van der Waals surface area contributed by atoms with Crippen molar-refractivity contribution >= 4 is 18.2 Å². The maximum atomic E-state index is 12.3. The molecule has 2 amide bonds. The number of carbonyl (C=O) groups is 2. The van der Waals surface area contributed by atoms with E-state index in [4.69, 9.17) is 14.2 Å². The van der Waals surface area contributed by atoms with Crippen molar-refractivity contribution in [3.63, 3.8) is 0 Å². The second-order valence-electron chi connectivity index (χ2n) is 7.51. The molecule has 0 saturated heterocycles. The maximum Gasteiger partial charge on any atom is 0.337 e. The number of rotatable bonds is 10. The van der Waals surface area contributed by atoms with Gasteiger partial charge in [-0.25, -0.2) is 9.59 Å². The van der Waals surface area contributed by atoms with E-state index in [1.165, 1.54) is 25.5 Å². The molecule has 0 aromatic heterocycles. The van der Waals surface area contributed by atoms with E-state index >= 15 is 0 Å². The Morgan fingerprint density at radius 1 is 1.20 bits per heavy atom. The van der Waals surface area contributed by atoms with E-state index < -0.39 is 24.3 Å². The van der Waals surface area contributed by atoms with Crippen molar-refractivity contribution in [2.45, 2.75) is 26.1 Å². The van der Waals surface area contributed by atoms with Crippen LogP contribution in [-0.4, -0.2) is 55.0 Å². The smallest absolute Gasteiger partial charge is 0.337 e. The quantitative estimate of drug-likeness (QED) is 0.149. The fourth-order valence-electron chi connectivity index (χ4n) is 3.38. The Kier molecular flexibility index (Phi) is 8.52. The van der Waals surface area contributed by atoms with Crippen LogP contribution in [0.25, 0.3) is 0 Å². The van der Waals surface area contributed by atoms with Gasteiger partial charge < -0.3 is 35.1 Å². The Bertz CT molecular complexity index is 1120. The number of esters is 1. The number of methoxy groups -OCH3 is 1. The summed E-state index contributed by atoms with van der Waals surface area (Å²) in [6.07, 6.45) is 0.378. The lowest BCUT2D eigenvalue weighted by Gasteiger charge is -2.28. The second-order valence-corrected chi connectivity index (χ2v) is 7.51. The third-order valence-corrected chi connectivity index (χ3v) is 5.00. The number of nitrogens with one attached hydrogen (secondary N) is 3. The number of phenols is 1. The molecule has 0 saturated carbocycles. The van der Waals surface area contributed by atoms with Gasteiger partial charge >= 0.3 is 12.0 Å². The molecule has 0 spiro atoms. The lowest BCUT2D eigenvalue weighted by atomic mass is 9.95. The Hall–Kier alpha value is -4.25. The molecule has 11 nitrogen and oxygen atoms in total. The third-order valence-electron chi connectivity index (χ3n) is 5.00. The molecule has 0 bridgehead atoms. The number of aliphatic hydroxyl groups excluding tert-OH is 1. The molecule has 186 valence electrons. The van der Waals surface area contributed by atoms with Crippen LogP contribution < -0.4 is 25.5 Å². The van der Waals surface area contributed by atoms with Gasteiger partial charge in [0.1, 0.15) is 12.4 Å². The lowest BCUT2D eigenvalue weighted by molar-refractivity contribution is -0.136. The minimum absolute atomic E-state index is 0.136. The summed E-state index contributed by atoms with van der Waals surface area (Å²) >= 11 is 0. The highest BCUT2D eigenvalue weighted by Crippen LogP contribution is 2.34. The van der Waals surface area contributed by atoms with E-state index in [1.807, 2.05) is 0 Å². The van der Waals surface area contributed by atoms with Gasteiger partial charge in [-0.1, -0.05) is 6.07 Å². The number of phenolic OH excluding ortho intramolecular Hbond substituents is 1. The number of amides is 2. The summed E-state index contributed by atoms with van der Waals surface area (Å²) < 4.78 is 16.3. The number of aromatic hydroxyl groups is 1. The SMILES string of the molecule is CCOc1cc([C@@H]2NC(=O)NC(C)=C2C(=O)OC)ccc1OC[C@@H](O)N/N=C\c1ccc(O)cc1. The van der Waals surface area contributed by atoms with Crippen LogP contribution in [0, 0.1) is 0 Å². The maximum absolute atomic E-state index is 12.3. The average Bonchev–Trinajstić information content (AvgIpc) is 2.83. The topological polar surface area (TPSA) is 151 Å². The van der Waals surface area contributed by atoms with Crippen LogP contribution in [0.15, 0.2) is 58.8 Å². The molecule has 3 rings (SSSR count). The second kappa shape index (κ2) is 11.7. The van der Waals surface area contributed by atoms with Gasteiger partial charge in [-0.05, 0) is 61.4 Å². The highest BCUT2D eigenvalue weighted by molar-refractivity contribution is 5.95. The van der Waals surface area contributed by atoms with Crippen LogP contribution in [0.2, 0.25) is 0 Å². The first-order chi connectivity index (χ1) is 16.8. The molecule has 1 heterocycles. The average molecular weight is 485 g/mol. The van der Waals surface area contributed by atoms with Gasteiger partial charge in [0.15, 0.2) is 17.7 Å². The molecule has 1 aliphatic rings. The molecule has 0 radical (unpaired) electrons. The zero-order valence-electron chi connectivity index (χ0n) is 19.6. The van der Waals surface area contributed by atoms with E-state index in [-0.39, 0.29) is 17.9 Å². The minimum atomic E-state index is -1.11. The molecule has 1 aliphatic heterocycles. The first-order valence-electron chi connectivity index (χ1n) is 10.8. The molecule has 0 aliphatic carbocycles. The molecule has 2 atom stereocenters. The van der Waals surface area contributed by atoms with Gasteiger partial charge in [-0.3, -0.25) is 5.43 Å². The van der Waals surface area contributed by atoms with Gasteiger partial charge in [-0.15, -0.1) is 0 Å². The van der Waals surface area contributed by atoms with Gasteiger partial charge in [0, 0.05) is 5.70 Å². The van der Waals surface area contributed by atoms with E-state index in [2.05, 4.69) is 21.2 Å². The van der Waals surface area contributed by atoms with Crippen molar-refractivity contribution < 1.29 is 34.0 Å². The number of ether oxygens (including phenoxy) is 3. The van der Waals surface area contributed by atoms with Crippen LogP contribution in [-0.2, 0) is 9.53 Å². The van der Waals surface area contributed by atoms with Crippen LogP contribution >= 0.6 is 0 Å². The van der Waals surface area contributed by atoms with Crippen LogP contribution in [0.1, 0.15) is 31.0 Å². The molecule has 2 aromatic rings. The summed E-state index contributed by atoms with van der Waals surface area (Å²) in [5, 5.41) is 28.7. The highest BCUT2D eigenvalue weighted by atomic mass is 16.5. The minimum Gasteiger partial charge on any atom is -0.508 e. The molecule has 11 heteroatoms. The number of urea groups is 1. The number of allylic oxidation sites excluding steroid dienone is 1. The first-order valence-corrected chi connectivity index (χ1v) is 10.8. The molecular weight excluding hydrogens is 456 g/mol. The Labute approximate surface area is 202 Å².